The van der Waals surface area contributed by atoms with Gasteiger partial charge in [0.1, 0.15) is 11.6 Å². The second-order valence-corrected chi connectivity index (χ2v) is 9.58. The minimum absolute atomic E-state index is 0.114. The van der Waals surface area contributed by atoms with Gasteiger partial charge in [0.15, 0.2) is 0 Å². The smallest absolute Gasteiger partial charge is 0.355 e. The molecule has 2 amide bonds. The number of hydrogen-bond donors (Lipinski definition) is 2. The van der Waals surface area contributed by atoms with E-state index in [-0.39, 0.29) is 36.9 Å². The molecule has 0 bridgehead atoms. The number of rotatable bonds is 9. The van der Waals surface area contributed by atoms with Crippen LogP contribution in [0.4, 0.5) is 22.0 Å². The molecule has 2 aromatic rings. The number of halogens is 5. The van der Waals surface area contributed by atoms with Gasteiger partial charge in [-0.05, 0) is 86.8 Å². The summed E-state index contributed by atoms with van der Waals surface area (Å²) in [6.07, 6.45) is -3.89. The minimum Gasteiger partial charge on any atom is -0.355 e. The number of carbonyl (C=O) groups is 2. The van der Waals surface area contributed by atoms with Crippen LogP contribution >= 0.6 is 0 Å². The molecule has 0 unspecified atom stereocenters. The van der Waals surface area contributed by atoms with Gasteiger partial charge >= 0.3 is 6.18 Å². The summed E-state index contributed by atoms with van der Waals surface area (Å²) in [7, 11) is 5.16. The predicted molar refractivity (Wildman–Crippen MR) is 131 cm³/mol. The molecule has 10 heteroatoms. The largest absolute Gasteiger partial charge is 0.398 e. The first kappa shape index (κ1) is 28.3. The van der Waals surface area contributed by atoms with Crippen LogP contribution in [0.3, 0.4) is 0 Å². The maximum atomic E-state index is 13.9. The highest BCUT2D eigenvalue weighted by Gasteiger charge is 2.65. The van der Waals surface area contributed by atoms with Crippen LogP contribution in [0.1, 0.15) is 39.9 Å². The molecule has 0 spiro atoms. The predicted octanol–water partition coefficient (Wildman–Crippen LogP) is 4.65. The van der Waals surface area contributed by atoms with Crippen LogP contribution in [0.2, 0.25) is 0 Å². The van der Waals surface area contributed by atoms with Gasteiger partial charge in [-0.15, -0.1) is 0 Å². The molecular weight excluding hydrogens is 493 g/mol. The molecular formula is C27H30F5N3O2. The number of alkyl halides is 3. The van der Waals surface area contributed by atoms with Gasteiger partial charge in [0.05, 0.1) is 5.41 Å². The summed E-state index contributed by atoms with van der Waals surface area (Å²) in [5.41, 5.74) is -0.716. The van der Waals surface area contributed by atoms with E-state index in [2.05, 4.69) is 10.6 Å². The fourth-order valence-electron chi connectivity index (χ4n) is 4.34. The number of hydrogen-bond acceptors (Lipinski definition) is 3. The molecule has 1 fully saturated rings. The Kier molecular flexibility index (Phi) is 8.42. The van der Waals surface area contributed by atoms with Crippen LogP contribution in [-0.4, -0.2) is 56.6 Å². The molecule has 2 aromatic carbocycles. The molecule has 1 atom stereocenters. The number of likely N-dealkylation sites (N-methyl/N-ethyl adjacent to an activating group) is 1. The first-order valence-corrected chi connectivity index (χ1v) is 11.8. The maximum Gasteiger partial charge on any atom is 0.398 e. The Balaban J connectivity index is 1.81. The van der Waals surface area contributed by atoms with Gasteiger partial charge in [0, 0.05) is 37.3 Å². The summed E-state index contributed by atoms with van der Waals surface area (Å²) >= 11 is 0. The number of nitrogens with zero attached hydrogens (tertiary/aromatic N) is 1. The van der Waals surface area contributed by atoms with Crippen molar-refractivity contribution in [2.75, 3.05) is 27.7 Å². The zero-order valence-electron chi connectivity index (χ0n) is 21.1. The number of benzene rings is 2. The van der Waals surface area contributed by atoms with E-state index >= 15 is 0 Å². The molecule has 3 rings (SSSR count). The third-order valence-corrected chi connectivity index (χ3v) is 6.79. The van der Waals surface area contributed by atoms with Crippen LogP contribution in [-0.2, 0) is 11.2 Å². The van der Waals surface area contributed by atoms with Gasteiger partial charge in [-0.2, -0.15) is 13.2 Å². The second-order valence-electron chi connectivity index (χ2n) is 9.58. The molecule has 0 heterocycles. The Morgan fingerprint density at radius 2 is 1.68 bits per heavy atom. The van der Waals surface area contributed by atoms with Crippen molar-refractivity contribution in [3.63, 3.8) is 0 Å². The summed E-state index contributed by atoms with van der Waals surface area (Å²) in [5.74, 6) is -3.04. The lowest BCUT2D eigenvalue weighted by molar-refractivity contribution is -0.168. The van der Waals surface area contributed by atoms with Gasteiger partial charge in [-0.25, -0.2) is 8.78 Å². The number of amides is 2. The van der Waals surface area contributed by atoms with Crippen LogP contribution in [0.15, 0.2) is 42.5 Å². The molecule has 0 aromatic heterocycles. The van der Waals surface area contributed by atoms with E-state index in [1.165, 1.54) is 0 Å². The van der Waals surface area contributed by atoms with Crippen molar-refractivity contribution in [2.24, 2.45) is 5.41 Å². The molecule has 37 heavy (non-hydrogen) atoms. The van der Waals surface area contributed by atoms with E-state index in [1.807, 2.05) is 32.0 Å². The molecule has 0 radical (unpaired) electrons. The van der Waals surface area contributed by atoms with Crippen molar-refractivity contribution in [1.82, 2.24) is 15.5 Å². The average Bonchev–Trinajstić information content (AvgIpc) is 3.61. The molecule has 1 saturated carbocycles. The molecule has 2 N–H and O–H groups in total. The summed E-state index contributed by atoms with van der Waals surface area (Å²) in [5, 5.41) is 5.21. The summed E-state index contributed by atoms with van der Waals surface area (Å²) in [6, 6.07) is 7.26. The van der Waals surface area contributed by atoms with Crippen LogP contribution in [0.25, 0.3) is 5.57 Å². The Morgan fingerprint density at radius 1 is 1.05 bits per heavy atom. The van der Waals surface area contributed by atoms with Gasteiger partial charge < -0.3 is 15.5 Å². The Bertz CT molecular complexity index is 1180. The fourth-order valence-corrected chi connectivity index (χ4v) is 4.34. The topological polar surface area (TPSA) is 61.4 Å². The van der Waals surface area contributed by atoms with Gasteiger partial charge in [0.2, 0.25) is 5.91 Å². The van der Waals surface area contributed by atoms with E-state index in [9.17, 15) is 31.5 Å². The highest BCUT2D eigenvalue weighted by molar-refractivity contribution is 5.97. The first-order chi connectivity index (χ1) is 17.3. The fraction of sp³-hybridized carbons (Fsp3) is 0.407. The van der Waals surface area contributed by atoms with Crippen molar-refractivity contribution in [2.45, 2.75) is 38.4 Å². The normalized spacial score (nSPS) is 15.9. The first-order valence-electron chi connectivity index (χ1n) is 11.8. The van der Waals surface area contributed by atoms with Gasteiger partial charge in [0.25, 0.3) is 5.91 Å². The Morgan fingerprint density at radius 3 is 2.16 bits per heavy atom. The lowest BCUT2D eigenvalue weighted by atomic mass is 9.88. The number of carbonyl (C=O) groups excluding carboxylic acids is 2. The van der Waals surface area contributed by atoms with Crippen LogP contribution < -0.4 is 10.6 Å². The second kappa shape index (κ2) is 11.0. The van der Waals surface area contributed by atoms with Crippen LogP contribution in [0.5, 0.6) is 0 Å². The Labute approximate surface area is 212 Å². The number of nitrogens with one attached hydrogen (secondary N) is 2. The van der Waals surface area contributed by atoms with Gasteiger partial charge in [-0.1, -0.05) is 6.07 Å². The lowest BCUT2D eigenvalue weighted by Gasteiger charge is -2.26. The third-order valence-electron chi connectivity index (χ3n) is 6.79. The number of aryl methyl sites for hydroxylation is 1. The monoisotopic (exact) mass is 523 g/mol. The quantitative estimate of drug-likeness (QED) is 0.372. The molecule has 200 valence electrons. The highest BCUT2D eigenvalue weighted by atomic mass is 19.4. The minimum atomic E-state index is -4.67. The van der Waals surface area contributed by atoms with Crippen molar-refractivity contribution in [3.05, 3.63) is 76.4 Å². The highest BCUT2D eigenvalue weighted by Crippen LogP contribution is 2.64. The SMILES string of the molecule is CNC(=O)c1ccc(C[C@@H](CNC(=O)/C=C(/c2cc(F)cc(F)c2)C2(C(F)(F)F)CC2)N(C)C)c(C)c1. The summed E-state index contributed by atoms with van der Waals surface area (Å²) in [4.78, 5) is 26.5. The van der Waals surface area contributed by atoms with E-state index in [0.717, 1.165) is 29.3 Å². The molecule has 1 aliphatic carbocycles. The summed E-state index contributed by atoms with van der Waals surface area (Å²) in [6.45, 7) is 1.98. The molecule has 0 aliphatic heterocycles. The van der Waals surface area contributed by atoms with E-state index in [1.54, 1.807) is 19.2 Å². The average molecular weight is 524 g/mol. The zero-order valence-corrected chi connectivity index (χ0v) is 21.1. The van der Waals surface area contributed by atoms with Crippen molar-refractivity contribution < 1.29 is 31.5 Å². The zero-order chi connectivity index (χ0) is 27.5. The third kappa shape index (κ3) is 6.54. The van der Waals surface area contributed by atoms with Crippen molar-refractivity contribution in [1.29, 1.82) is 0 Å². The van der Waals surface area contributed by atoms with Crippen molar-refractivity contribution >= 4 is 17.4 Å². The van der Waals surface area contributed by atoms with E-state index in [4.69, 9.17) is 0 Å². The number of allylic oxidation sites excluding steroid dienone is 1. The molecule has 0 saturated heterocycles. The summed E-state index contributed by atoms with van der Waals surface area (Å²) < 4.78 is 69.3. The Hall–Kier alpha value is -3.27. The van der Waals surface area contributed by atoms with Gasteiger partial charge in [-0.3, -0.25) is 9.59 Å². The standard InChI is InChI=1S/C27H30F5N3O2/c1-16-9-18(25(37)33-2)6-5-17(16)12-22(35(3)4)15-34-24(36)14-23(26(7-8-26)27(30,31)32)19-10-20(28)13-21(29)11-19/h5-6,9-11,13-14,22H,7-8,12,15H2,1-4H3,(H,33,37)(H,34,36)/b23-14-/t22-/m0/s1. The lowest BCUT2D eigenvalue weighted by Crippen LogP contribution is -2.41. The molecule has 5 nitrogen and oxygen atoms in total. The van der Waals surface area contributed by atoms with E-state index in [0.29, 0.717) is 18.1 Å². The maximum absolute atomic E-state index is 13.9. The molecule has 1 aliphatic rings. The van der Waals surface area contributed by atoms with E-state index < -0.39 is 34.7 Å². The van der Waals surface area contributed by atoms with Crippen molar-refractivity contribution in [3.8, 4) is 0 Å². The van der Waals surface area contributed by atoms with Crippen LogP contribution in [0, 0.1) is 24.0 Å².